The third-order valence-corrected chi connectivity index (χ3v) is 2.28. The lowest BCUT2D eigenvalue weighted by atomic mass is 10.5. The van der Waals surface area contributed by atoms with Crippen molar-refractivity contribution in [2.75, 3.05) is 0 Å². The number of rotatable bonds is 1. The van der Waals surface area contributed by atoms with E-state index in [9.17, 15) is 0 Å². The van der Waals surface area contributed by atoms with E-state index in [0.29, 0.717) is 0 Å². The molecule has 0 spiro atoms. The lowest BCUT2D eigenvalue weighted by molar-refractivity contribution is 0.321. The molecule has 2 aromatic rings. The minimum absolute atomic E-state index is 0.838. The zero-order valence-corrected chi connectivity index (χ0v) is 6.32. The second-order valence-electron chi connectivity index (χ2n) is 2.01. The maximum Gasteiger partial charge on any atom is 0.119 e. The van der Waals surface area contributed by atoms with Gasteiger partial charge in [-0.2, -0.15) is 0 Å². The number of imidazole rings is 1. The fraction of sp³-hybridized carbons (Fsp3) is 0. The first-order valence-corrected chi connectivity index (χ1v) is 3.87. The summed E-state index contributed by atoms with van der Waals surface area (Å²) >= 11 is 1.56. The van der Waals surface area contributed by atoms with Gasteiger partial charge in [-0.05, 0) is 0 Å². The zero-order valence-electron chi connectivity index (χ0n) is 5.51. The van der Waals surface area contributed by atoms with Gasteiger partial charge in [0, 0.05) is 5.38 Å². The van der Waals surface area contributed by atoms with Gasteiger partial charge in [-0.25, -0.2) is 4.98 Å². The second-order valence-corrected chi connectivity index (χ2v) is 2.90. The number of hydrogen-bond donors (Lipinski definition) is 1. The van der Waals surface area contributed by atoms with Crippen molar-refractivity contribution in [1.29, 1.82) is 0 Å². The summed E-state index contributed by atoms with van der Waals surface area (Å²) in [5, 5.41) is 13.1. The van der Waals surface area contributed by atoms with E-state index in [1.54, 1.807) is 23.9 Å². The maximum atomic E-state index is 8.28. The predicted molar refractivity (Wildman–Crippen MR) is 42.4 cm³/mol. The van der Waals surface area contributed by atoms with Gasteiger partial charge in [-0.15, -0.1) is 11.3 Å². The molecule has 5 heteroatoms. The maximum absolute atomic E-state index is 8.28. The molecule has 0 atom stereocenters. The van der Waals surface area contributed by atoms with Crippen LogP contribution in [0.25, 0.3) is 4.83 Å². The average Bonchev–Trinajstić information content (AvgIpc) is 2.53. The smallest absolute Gasteiger partial charge is 0.119 e. The third kappa shape index (κ3) is 0.894. The summed E-state index contributed by atoms with van der Waals surface area (Å²) in [5.74, 6) is 0. The second kappa shape index (κ2) is 2.35. The van der Waals surface area contributed by atoms with E-state index in [4.69, 9.17) is 5.21 Å². The first kappa shape index (κ1) is 6.36. The lowest BCUT2D eigenvalue weighted by Crippen LogP contribution is -1.85. The van der Waals surface area contributed by atoms with Crippen LogP contribution in [0.2, 0.25) is 0 Å². The molecule has 11 heavy (non-hydrogen) atoms. The van der Waals surface area contributed by atoms with Crippen LogP contribution in [0.4, 0.5) is 0 Å². The molecular weight excluding hydrogens is 162 g/mol. The summed E-state index contributed by atoms with van der Waals surface area (Å²) in [7, 11) is 0. The molecule has 1 N–H and O–H groups in total. The number of oxime groups is 1. The highest BCUT2D eigenvalue weighted by Crippen LogP contribution is 2.13. The fourth-order valence-electron chi connectivity index (χ4n) is 0.893. The zero-order chi connectivity index (χ0) is 7.68. The van der Waals surface area contributed by atoms with Gasteiger partial charge in [0.25, 0.3) is 0 Å². The van der Waals surface area contributed by atoms with Crippen LogP contribution < -0.4 is 0 Å². The van der Waals surface area contributed by atoms with E-state index in [0.717, 1.165) is 10.5 Å². The van der Waals surface area contributed by atoms with Crippen LogP contribution in [-0.2, 0) is 0 Å². The molecule has 0 unspecified atom stereocenters. The molecule has 0 radical (unpaired) electrons. The average molecular weight is 167 g/mol. The van der Waals surface area contributed by atoms with Gasteiger partial charge in [0.1, 0.15) is 11.2 Å². The van der Waals surface area contributed by atoms with Crippen molar-refractivity contribution in [2.24, 2.45) is 5.16 Å². The van der Waals surface area contributed by atoms with Crippen LogP contribution in [0.1, 0.15) is 5.69 Å². The quantitative estimate of drug-likeness (QED) is 0.394. The molecule has 0 saturated heterocycles. The van der Waals surface area contributed by atoms with Crippen LogP contribution >= 0.6 is 11.3 Å². The van der Waals surface area contributed by atoms with E-state index < -0.39 is 0 Å². The van der Waals surface area contributed by atoms with Crippen molar-refractivity contribution in [2.45, 2.75) is 0 Å². The van der Waals surface area contributed by atoms with Crippen LogP contribution in [0, 0.1) is 0 Å². The summed E-state index contributed by atoms with van der Waals surface area (Å²) in [6.07, 6.45) is 4.83. The Labute approximate surface area is 66.4 Å². The summed E-state index contributed by atoms with van der Waals surface area (Å²) in [6.45, 7) is 0. The van der Waals surface area contributed by atoms with E-state index >= 15 is 0 Å². The molecule has 56 valence electrons. The standard InChI is InChI=1S/C6H5N3OS/c10-8-1-5-3-11-6-2-7-4-9(5)6/h1-4,10H. The monoisotopic (exact) mass is 167 g/mol. The van der Waals surface area contributed by atoms with Gasteiger partial charge in [-0.1, -0.05) is 5.16 Å². The highest BCUT2D eigenvalue weighted by atomic mass is 32.1. The van der Waals surface area contributed by atoms with E-state index in [-0.39, 0.29) is 0 Å². The number of fused-ring (bicyclic) bond motifs is 1. The molecule has 4 nitrogen and oxygen atoms in total. The Morgan fingerprint density at radius 3 is 3.45 bits per heavy atom. The Bertz CT molecular complexity index is 389. The summed E-state index contributed by atoms with van der Waals surface area (Å²) in [4.78, 5) is 4.98. The number of nitrogens with zero attached hydrogens (tertiary/aromatic N) is 3. The molecule has 2 heterocycles. The van der Waals surface area contributed by atoms with Crippen LogP contribution in [0.3, 0.4) is 0 Å². The molecule has 2 rings (SSSR count). The molecule has 0 aliphatic rings. The molecule has 0 fully saturated rings. The van der Waals surface area contributed by atoms with E-state index in [1.807, 2.05) is 9.78 Å². The van der Waals surface area contributed by atoms with E-state index in [2.05, 4.69) is 10.1 Å². The first-order valence-electron chi connectivity index (χ1n) is 2.99. The van der Waals surface area contributed by atoms with Crippen molar-refractivity contribution in [3.05, 3.63) is 23.6 Å². The fourth-order valence-corrected chi connectivity index (χ4v) is 1.70. The predicted octanol–water partition coefficient (Wildman–Crippen LogP) is 1.20. The molecular formula is C6H5N3OS. The Kier molecular flexibility index (Phi) is 1.36. The number of thiazole rings is 1. The molecule has 0 amide bonds. The Hall–Kier alpha value is -1.36. The Morgan fingerprint density at radius 2 is 2.64 bits per heavy atom. The van der Waals surface area contributed by atoms with Crippen molar-refractivity contribution < 1.29 is 5.21 Å². The minimum atomic E-state index is 0.838. The van der Waals surface area contributed by atoms with Gasteiger partial charge >= 0.3 is 0 Å². The molecule has 0 aromatic carbocycles. The topological polar surface area (TPSA) is 49.9 Å². The Balaban J connectivity index is 2.68. The minimum Gasteiger partial charge on any atom is -0.411 e. The number of hydrogen-bond acceptors (Lipinski definition) is 4. The van der Waals surface area contributed by atoms with Gasteiger partial charge < -0.3 is 5.21 Å². The molecule has 2 aromatic heterocycles. The third-order valence-electron chi connectivity index (χ3n) is 1.37. The van der Waals surface area contributed by atoms with Gasteiger partial charge in [0.2, 0.25) is 0 Å². The van der Waals surface area contributed by atoms with E-state index in [1.165, 1.54) is 6.21 Å². The molecule has 0 aliphatic carbocycles. The molecule has 0 bridgehead atoms. The summed E-state index contributed by atoms with van der Waals surface area (Å²) in [6, 6.07) is 0. The van der Waals surface area contributed by atoms with Gasteiger partial charge in [0.05, 0.1) is 18.1 Å². The Morgan fingerprint density at radius 1 is 1.73 bits per heavy atom. The number of aromatic nitrogens is 2. The largest absolute Gasteiger partial charge is 0.411 e. The van der Waals surface area contributed by atoms with Gasteiger partial charge in [0.15, 0.2) is 0 Å². The summed E-state index contributed by atoms with van der Waals surface area (Å²) < 4.78 is 1.85. The highest BCUT2D eigenvalue weighted by Gasteiger charge is 1.99. The SMILES string of the molecule is ON=Cc1csc2cncn12. The van der Waals surface area contributed by atoms with Crippen LogP contribution in [0.5, 0.6) is 0 Å². The highest BCUT2D eigenvalue weighted by molar-refractivity contribution is 7.15. The summed E-state index contributed by atoms with van der Waals surface area (Å²) in [5.41, 5.74) is 0.838. The van der Waals surface area contributed by atoms with Crippen molar-refractivity contribution in [3.63, 3.8) is 0 Å². The van der Waals surface area contributed by atoms with Gasteiger partial charge in [-0.3, -0.25) is 4.40 Å². The van der Waals surface area contributed by atoms with Crippen LogP contribution in [-0.4, -0.2) is 20.8 Å². The molecule has 0 aliphatic heterocycles. The van der Waals surface area contributed by atoms with Crippen LogP contribution in [0.15, 0.2) is 23.1 Å². The molecule has 0 saturated carbocycles. The van der Waals surface area contributed by atoms with Crippen molar-refractivity contribution in [1.82, 2.24) is 9.38 Å². The lowest BCUT2D eigenvalue weighted by Gasteiger charge is -1.84. The van der Waals surface area contributed by atoms with Crippen molar-refractivity contribution >= 4 is 22.4 Å². The van der Waals surface area contributed by atoms with Crippen molar-refractivity contribution in [3.8, 4) is 0 Å². The first-order chi connectivity index (χ1) is 5.42. The normalized spacial score (nSPS) is 11.6.